The zero-order valence-corrected chi connectivity index (χ0v) is 9.86. The third-order valence-corrected chi connectivity index (χ3v) is 3.49. The normalized spacial score (nSPS) is 11.6. The molecule has 0 aliphatic rings. The Bertz CT molecular complexity index is 715. The van der Waals surface area contributed by atoms with Crippen molar-refractivity contribution in [2.45, 2.75) is 4.90 Å². The second kappa shape index (κ2) is 3.63. The molecule has 0 saturated heterocycles. The van der Waals surface area contributed by atoms with Gasteiger partial charge in [0.1, 0.15) is 16.5 Å². The molecule has 0 radical (unpaired) electrons. The van der Waals surface area contributed by atoms with E-state index in [0.29, 0.717) is 5.52 Å². The van der Waals surface area contributed by atoms with E-state index in [1.165, 1.54) is 12.1 Å². The maximum Gasteiger partial charge on any atom is 0.264 e. The number of benzene rings is 1. The van der Waals surface area contributed by atoms with Crippen LogP contribution >= 0.6 is 22.3 Å². The first kappa shape index (κ1) is 11.2. The second-order valence-electron chi connectivity index (χ2n) is 2.92. The maximum atomic E-state index is 11.4. The number of nitrogens with zero attached hydrogens (tertiary/aromatic N) is 2. The van der Waals surface area contributed by atoms with E-state index in [0.717, 1.165) is 0 Å². The summed E-state index contributed by atoms with van der Waals surface area (Å²) in [5.41, 5.74) is 0.410. The van der Waals surface area contributed by atoms with E-state index >= 15 is 0 Å². The van der Waals surface area contributed by atoms with Crippen molar-refractivity contribution >= 4 is 42.4 Å². The van der Waals surface area contributed by atoms with Crippen LogP contribution in [0.25, 0.3) is 11.0 Å². The number of nitriles is 1. The maximum absolute atomic E-state index is 11.4. The van der Waals surface area contributed by atoms with Crippen molar-refractivity contribution in [1.29, 1.82) is 5.26 Å². The van der Waals surface area contributed by atoms with Crippen molar-refractivity contribution in [3.8, 4) is 6.07 Å². The Kier molecular flexibility index (Phi) is 2.54. The molecular formula is C8H3Cl2N3O2S. The summed E-state index contributed by atoms with van der Waals surface area (Å²) in [6.45, 7) is 0. The first-order valence-electron chi connectivity index (χ1n) is 3.96. The summed E-state index contributed by atoms with van der Waals surface area (Å²) in [5.74, 6) is 0. The van der Waals surface area contributed by atoms with Gasteiger partial charge in [-0.1, -0.05) is 0 Å². The fourth-order valence-electron chi connectivity index (χ4n) is 1.36. The Balaban J connectivity index is 3.02. The number of hydrogen-bond donors (Lipinski definition) is 1. The first-order valence-corrected chi connectivity index (χ1v) is 6.65. The highest BCUT2D eigenvalue weighted by Gasteiger charge is 2.22. The molecule has 1 N–H and O–H groups in total. The number of H-pyrrole nitrogens is 1. The number of hydrogen-bond acceptors (Lipinski definition) is 4. The van der Waals surface area contributed by atoms with Crippen LogP contribution in [0.4, 0.5) is 0 Å². The third kappa shape index (κ3) is 1.73. The summed E-state index contributed by atoms with van der Waals surface area (Å²) in [6, 6.07) is 4.59. The molecule has 2 aromatic rings. The van der Waals surface area contributed by atoms with Crippen molar-refractivity contribution in [2.75, 3.05) is 0 Å². The topological polar surface area (TPSA) is 86.6 Å². The van der Waals surface area contributed by atoms with Gasteiger partial charge in [0, 0.05) is 10.7 Å². The van der Waals surface area contributed by atoms with E-state index in [1.54, 1.807) is 6.07 Å². The molecular weight excluding hydrogens is 273 g/mol. The Hall–Kier alpha value is -1.29. The fraction of sp³-hybridized carbons (Fsp3) is 0. The van der Waals surface area contributed by atoms with Gasteiger partial charge in [-0.15, -0.1) is 0 Å². The molecule has 0 saturated carbocycles. The van der Waals surface area contributed by atoms with Crippen LogP contribution in [0.2, 0.25) is 5.28 Å². The summed E-state index contributed by atoms with van der Waals surface area (Å²) in [7, 11) is 1.20. The van der Waals surface area contributed by atoms with E-state index in [-0.39, 0.29) is 21.3 Å². The Morgan fingerprint density at radius 1 is 1.44 bits per heavy atom. The minimum atomic E-state index is -4.05. The lowest BCUT2D eigenvalue weighted by molar-refractivity contribution is 0.610. The fourth-order valence-corrected chi connectivity index (χ4v) is 2.77. The van der Waals surface area contributed by atoms with Gasteiger partial charge in [-0.05, 0) is 23.7 Å². The monoisotopic (exact) mass is 275 g/mol. The lowest BCUT2D eigenvalue weighted by atomic mass is 10.2. The molecule has 1 aromatic heterocycles. The van der Waals surface area contributed by atoms with E-state index in [4.69, 9.17) is 27.5 Å². The number of aromatic amines is 1. The molecule has 0 aliphatic heterocycles. The molecule has 0 atom stereocenters. The number of aromatic nitrogens is 2. The van der Waals surface area contributed by atoms with Crippen LogP contribution in [0.1, 0.15) is 5.56 Å². The van der Waals surface area contributed by atoms with Crippen molar-refractivity contribution < 1.29 is 8.42 Å². The molecule has 5 nitrogen and oxygen atoms in total. The number of rotatable bonds is 1. The minimum Gasteiger partial charge on any atom is -0.329 e. The summed E-state index contributed by atoms with van der Waals surface area (Å²) < 4.78 is 22.7. The standard InChI is InChI=1S/C8H3Cl2N3O2S/c9-8-12-5-2-1-4(3-11)7(6(5)13-8)16(10,14)15/h1-2H,(H,12,13). The Morgan fingerprint density at radius 2 is 2.12 bits per heavy atom. The molecule has 0 spiro atoms. The molecule has 0 amide bonds. The van der Waals surface area contributed by atoms with Crippen molar-refractivity contribution in [1.82, 2.24) is 9.97 Å². The number of fused-ring (bicyclic) bond motifs is 1. The molecule has 1 aromatic carbocycles. The van der Waals surface area contributed by atoms with Gasteiger partial charge >= 0.3 is 0 Å². The summed E-state index contributed by atoms with van der Waals surface area (Å²) in [5, 5.41) is 8.84. The first-order chi connectivity index (χ1) is 7.43. The Labute approximate surface area is 100 Å². The molecule has 0 unspecified atom stereocenters. The van der Waals surface area contributed by atoms with E-state index < -0.39 is 9.05 Å². The highest BCUT2D eigenvalue weighted by Crippen LogP contribution is 2.28. The van der Waals surface area contributed by atoms with Crippen LogP contribution in [-0.4, -0.2) is 18.4 Å². The van der Waals surface area contributed by atoms with Gasteiger partial charge in [0.2, 0.25) is 5.28 Å². The summed E-state index contributed by atoms with van der Waals surface area (Å²) in [6.07, 6.45) is 0. The van der Waals surface area contributed by atoms with E-state index in [1.807, 2.05) is 0 Å². The van der Waals surface area contributed by atoms with Crippen LogP contribution in [0.15, 0.2) is 17.0 Å². The lowest BCUT2D eigenvalue weighted by Crippen LogP contribution is -1.96. The van der Waals surface area contributed by atoms with E-state index in [2.05, 4.69) is 9.97 Å². The van der Waals surface area contributed by atoms with Gasteiger partial charge in [0.25, 0.3) is 9.05 Å². The lowest BCUT2D eigenvalue weighted by Gasteiger charge is -1.99. The zero-order chi connectivity index (χ0) is 11.9. The molecule has 2 rings (SSSR count). The largest absolute Gasteiger partial charge is 0.329 e. The predicted octanol–water partition coefficient (Wildman–Crippen LogP) is 2.02. The number of imidazole rings is 1. The highest BCUT2D eigenvalue weighted by atomic mass is 35.7. The zero-order valence-electron chi connectivity index (χ0n) is 7.53. The SMILES string of the molecule is N#Cc1ccc2[nH]c(Cl)nc2c1S(=O)(=O)Cl. The average Bonchev–Trinajstić information content (AvgIpc) is 2.54. The van der Waals surface area contributed by atoms with E-state index in [9.17, 15) is 8.42 Å². The molecule has 0 aliphatic carbocycles. The molecule has 82 valence electrons. The summed E-state index contributed by atoms with van der Waals surface area (Å²) in [4.78, 5) is 6.11. The van der Waals surface area contributed by atoms with Crippen molar-refractivity contribution in [2.24, 2.45) is 0 Å². The molecule has 0 fully saturated rings. The van der Waals surface area contributed by atoms with Crippen LogP contribution in [0.3, 0.4) is 0 Å². The molecule has 8 heteroatoms. The molecule has 16 heavy (non-hydrogen) atoms. The Morgan fingerprint density at radius 3 is 2.69 bits per heavy atom. The smallest absolute Gasteiger partial charge is 0.264 e. The van der Waals surface area contributed by atoms with Gasteiger partial charge in [-0.3, -0.25) is 0 Å². The van der Waals surface area contributed by atoms with Gasteiger partial charge in [-0.2, -0.15) is 5.26 Å². The van der Waals surface area contributed by atoms with Gasteiger partial charge in [0.15, 0.2) is 0 Å². The van der Waals surface area contributed by atoms with Crippen LogP contribution < -0.4 is 0 Å². The molecule has 0 bridgehead atoms. The third-order valence-electron chi connectivity index (χ3n) is 1.94. The second-order valence-corrected chi connectivity index (χ2v) is 5.78. The van der Waals surface area contributed by atoms with Gasteiger partial charge in [-0.25, -0.2) is 13.4 Å². The predicted molar refractivity (Wildman–Crippen MR) is 58.9 cm³/mol. The highest BCUT2D eigenvalue weighted by molar-refractivity contribution is 8.14. The van der Waals surface area contributed by atoms with Crippen molar-refractivity contribution in [3.05, 3.63) is 23.0 Å². The average molecular weight is 276 g/mol. The van der Waals surface area contributed by atoms with Gasteiger partial charge in [0.05, 0.1) is 11.1 Å². The minimum absolute atomic E-state index is 0.0339. The van der Waals surface area contributed by atoms with Crippen LogP contribution in [0.5, 0.6) is 0 Å². The van der Waals surface area contributed by atoms with Crippen LogP contribution in [0, 0.1) is 11.3 Å². The van der Waals surface area contributed by atoms with Crippen LogP contribution in [-0.2, 0) is 9.05 Å². The number of halogens is 2. The van der Waals surface area contributed by atoms with Gasteiger partial charge < -0.3 is 4.98 Å². The quantitative estimate of drug-likeness (QED) is 0.807. The van der Waals surface area contributed by atoms with Crippen molar-refractivity contribution in [3.63, 3.8) is 0 Å². The number of nitrogens with one attached hydrogen (secondary N) is 1. The summed E-state index contributed by atoms with van der Waals surface area (Å²) >= 11 is 5.61. The molecule has 1 heterocycles.